The molecule has 2 heterocycles. The van der Waals surface area contributed by atoms with Gasteiger partial charge in [0.25, 0.3) is 11.9 Å². The van der Waals surface area contributed by atoms with Crippen molar-refractivity contribution in [3.63, 3.8) is 0 Å². The third-order valence-corrected chi connectivity index (χ3v) is 3.02. The molecule has 1 aromatic heterocycles. The summed E-state index contributed by atoms with van der Waals surface area (Å²) in [6, 6.07) is 0. The average Bonchev–Trinajstić information content (AvgIpc) is 2.37. The van der Waals surface area contributed by atoms with Crippen LogP contribution in [0.4, 0.5) is 23.2 Å². The predicted molar refractivity (Wildman–Crippen MR) is 57.6 cm³/mol. The number of rotatable bonds is 3. The second-order valence-corrected chi connectivity index (χ2v) is 4.39. The predicted octanol–water partition coefficient (Wildman–Crippen LogP) is 1.59. The summed E-state index contributed by atoms with van der Waals surface area (Å²) in [7, 11) is 0. The van der Waals surface area contributed by atoms with Gasteiger partial charge in [0, 0.05) is 32.6 Å². The summed E-state index contributed by atoms with van der Waals surface area (Å²) in [5.41, 5.74) is -2.20. The minimum absolute atomic E-state index is 0.243. The lowest BCUT2D eigenvalue weighted by atomic mass is 9.94. The molecule has 1 fully saturated rings. The smallest absolute Gasteiger partial charge is 0.253 e. The fourth-order valence-electron chi connectivity index (χ4n) is 1.82. The second-order valence-electron chi connectivity index (χ2n) is 4.39. The molecule has 0 unspecified atom stereocenters. The summed E-state index contributed by atoms with van der Waals surface area (Å²) in [5.74, 6) is -6.70. The van der Waals surface area contributed by atoms with E-state index in [0.29, 0.717) is 13.2 Å². The number of anilines is 1. The molecule has 4 nitrogen and oxygen atoms in total. The number of nitrogens with one attached hydrogen (secondary N) is 1. The molecule has 0 atom stereocenters. The fourth-order valence-corrected chi connectivity index (χ4v) is 1.82. The third kappa shape index (κ3) is 2.95. The van der Waals surface area contributed by atoms with Crippen molar-refractivity contribution in [3.8, 4) is 0 Å². The lowest BCUT2D eigenvalue weighted by molar-refractivity contribution is -0.0544. The Labute approximate surface area is 106 Å². The molecule has 0 bridgehead atoms. The molecule has 1 aliphatic rings. The van der Waals surface area contributed by atoms with Crippen molar-refractivity contribution in [2.75, 3.05) is 25.1 Å². The van der Waals surface area contributed by atoms with Crippen molar-refractivity contribution >= 4 is 5.69 Å². The Kier molecular flexibility index (Phi) is 3.91. The van der Waals surface area contributed by atoms with Crippen molar-refractivity contribution in [2.24, 2.45) is 0 Å². The zero-order valence-electron chi connectivity index (χ0n) is 9.85. The monoisotopic (exact) mass is 280 g/mol. The highest BCUT2D eigenvalue weighted by atomic mass is 19.2. The number of hydrogen-bond donors (Lipinski definition) is 2. The van der Waals surface area contributed by atoms with Gasteiger partial charge in [0.15, 0.2) is 0 Å². The molecule has 8 heteroatoms. The van der Waals surface area contributed by atoms with Crippen LogP contribution < -0.4 is 5.32 Å². The van der Waals surface area contributed by atoms with Gasteiger partial charge in [0.05, 0.1) is 5.60 Å². The molecule has 0 saturated carbocycles. The van der Waals surface area contributed by atoms with E-state index in [4.69, 9.17) is 4.74 Å². The van der Waals surface area contributed by atoms with Crippen LogP contribution in [-0.4, -0.2) is 35.5 Å². The molecule has 1 aliphatic heterocycles. The maximum Gasteiger partial charge on any atom is 0.253 e. The van der Waals surface area contributed by atoms with Crippen LogP contribution in [0.1, 0.15) is 12.8 Å². The molecule has 0 amide bonds. The van der Waals surface area contributed by atoms with E-state index >= 15 is 0 Å². The molecular formula is C11H12F4N2O2. The molecule has 2 N–H and O–H groups in total. The fraction of sp³-hybridized carbons (Fsp3) is 0.545. The van der Waals surface area contributed by atoms with Crippen LogP contribution >= 0.6 is 0 Å². The Morgan fingerprint density at radius 3 is 2.16 bits per heavy atom. The quantitative estimate of drug-likeness (QED) is 0.652. The van der Waals surface area contributed by atoms with Gasteiger partial charge in [0.1, 0.15) is 5.69 Å². The number of ether oxygens (including phenoxy) is 1. The van der Waals surface area contributed by atoms with E-state index in [1.807, 2.05) is 0 Å². The van der Waals surface area contributed by atoms with Gasteiger partial charge in [-0.3, -0.25) is 0 Å². The summed E-state index contributed by atoms with van der Waals surface area (Å²) < 4.78 is 57.4. The van der Waals surface area contributed by atoms with Gasteiger partial charge in [-0.2, -0.15) is 22.5 Å². The van der Waals surface area contributed by atoms with E-state index in [1.54, 1.807) is 0 Å². The van der Waals surface area contributed by atoms with E-state index in [2.05, 4.69) is 10.3 Å². The Bertz CT molecular complexity index is 452. The Morgan fingerprint density at radius 1 is 1.11 bits per heavy atom. The molecule has 0 aromatic carbocycles. The number of halogens is 4. The van der Waals surface area contributed by atoms with Crippen molar-refractivity contribution in [2.45, 2.75) is 18.4 Å². The zero-order chi connectivity index (χ0) is 14.0. The number of hydrogen-bond acceptors (Lipinski definition) is 4. The van der Waals surface area contributed by atoms with E-state index in [1.165, 1.54) is 0 Å². The molecule has 106 valence electrons. The zero-order valence-corrected chi connectivity index (χ0v) is 9.85. The lowest BCUT2D eigenvalue weighted by Crippen LogP contribution is -2.42. The standard InChI is InChI=1S/C11H12F4N2O2/c12-6-8(7(13)10(15)17-9(6)14)16-5-11(18)1-3-19-4-2-11/h18H,1-5H2,(H,16,17). The van der Waals surface area contributed by atoms with Crippen LogP contribution in [-0.2, 0) is 4.74 Å². The Hall–Kier alpha value is -1.41. The molecule has 19 heavy (non-hydrogen) atoms. The van der Waals surface area contributed by atoms with Crippen LogP contribution in [0.2, 0.25) is 0 Å². The first-order chi connectivity index (χ1) is 8.93. The van der Waals surface area contributed by atoms with Gasteiger partial charge in [-0.05, 0) is 0 Å². The summed E-state index contributed by atoms with van der Waals surface area (Å²) >= 11 is 0. The van der Waals surface area contributed by atoms with E-state index in [-0.39, 0.29) is 19.4 Å². The summed E-state index contributed by atoms with van der Waals surface area (Å²) in [6.07, 6.45) is 0.526. The van der Waals surface area contributed by atoms with Gasteiger partial charge in [-0.15, -0.1) is 0 Å². The van der Waals surface area contributed by atoms with Crippen molar-refractivity contribution in [1.29, 1.82) is 0 Å². The van der Waals surface area contributed by atoms with Crippen molar-refractivity contribution in [1.82, 2.24) is 4.98 Å². The van der Waals surface area contributed by atoms with Gasteiger partial charge in [-0.25, -0.2) is 0 Å². The summed E-state index contributed by atoms with van der Waals surface area (Å²) in [4.78, 5) is 2.44. The molecular weight excluding hydrogens is 268 g/mol. The highest BCUT2D eigenvalue weighted by molar-refractivity contribution is 5.45. The van der Waals surface area contributed by atoms with E-state index in [9.17, 15) is 22.7 Å². The van der Waals surface area contributed by atoms with Crippen LogP contribution in [0.25, 0.3) is 0 Å². The van der Waals surface area contributed by atoms with E-state index < -0.39 is 34.8 Å². The van der Waals surface area contributed by atoms with Gasteiger partial charge >= 0.3 is 0 Å². The van der Waals surface area contributed by atoms with Crippen molar-refractivity contribution < 1.29 is 27.4 Å². The lowest BCUT2D eigenvalue weighted by Gasteiger charge is -2.32. The first-order valence-electron chi connectivity index (χ1n) is 5.67. The minimum atomic E-state index is -1.74. The molecule has 2 rings (SSSR count). The summed E-state index contributed by atoms with van der Waals surface area (Å²) in [6.45, 7) is 0.373. The molecule has 0 radical (unpaired) electrons. The van der Waals surface area contributed by atoms with E-state index in [0.717, 1.165) is 0 Å². The number of aromatic nitrogens is 1. The molecule has 1 aromatic rings. The highest BCUT2D eigenvalue weighted by Gasteiger charge is 2.31. The maximum absolute atomic E-state index is 13.3. The Balaban J connectivity index is 2.15. The SMILES string of the molecule is OC1(CNc2c(F)c(F)nc(F)c2F)CCOCC1. The average molecular weight is 280 g/mol. The van der Waals surface area contributed by atoms with Gasteiger partial charge in [-0.1, -0.05) is 0 Å². The normalized spacial score (nSPS) is 18.4. The summed E-state index contributed by atoms with van der Waals surface area (Å²) in [5, 5.41) is 12.3. The van der Waals surface area contributed by atoms with Crippen LogP contribution in [0, 0.1) is 23.5 Å². The largest absolute Gasteiger partial charge is 0.388 e. The molecule has 0 aliphatic carbocycles. The third-order valence-electron chi connectivity index (χ3n) is 3.02. The highest BCUT2D eigenvalue weighted by Crippen LogP contribution is 2.25. The molecule has 1 saturated heterocycles. The second kappa shape index (κ2) is 5.30. The first-order valence-corrected chi connectivity index (χ1v) is 5.67. The minimum Gasteiger partial charge on any atom is -0.388 e. The first kappa shape index (κ1) is 14.0. The van der Waals surface area contributed by atoms with Crippen LogP contribution in [0.3, 0.4) is 0 Å². The number of pyridine rings is 1. The van der Waals surface area contributed by atoms with Crippen molar-refractivity contribution in [3.05, 3.63) is 23.5 Å². The van der Waals surface area contributed by atoms with Crippen LogP contribution in [0.15, 0.2) is 0 Å². The van der Waals surface area contributed by atoms with Gasteiger partial charge < -0.3 is 15.2 Å². The maximum atomic E-state index is 13.3. The topological polar surface area (TPSA) is 54.4 Å². The van der Waals surface area contributed by atoms with Crippen LogP contribution in [0.5, 0.6) is 0 Å². The molecule has 0 spiro atoms. The number of nitrogens with zero attached hydrogens (tertiary/aromatic N) is 1. The number of aliphatic hydroxyl groups is 1. The van der Waals surface area contributed by atoms with Gasteiger partial charge in [0.2, 0.25) is 11.6 Å². The Morgan fingerprint density at radius 2 is 1.63 bits per heavy atom.